The van der Waals surface area contributed by atoms with Crippen molar-refractivity contribution in [1.29, 1.82) is 0 Å². The lowest BCUT2D eigenvalue weighted by Gasteiger charge is -2.08. The third-order valence-corrected chi connectivity index (χ3v) is 3.24. The maximum atomic E-state index is 5.20. The predicted molar refractivity (Wildman–Crippen MR) is 64.1 cm³/mol. The summed E-state index contributed by atoms with van der Waals surface area (Å²) in [5.74, 6) is 3.41. The molecule has 0 aliphatic heterocycles. The molecule has 14 heavy (non-hydrogen) atoms. The summed E-state index contributed by atoms with van der Waals surface area (Å²) in [4.78, 5) is 1.18. The highest BCUT2D eigenvalue weighted by molar-refractivity contribution is 8.00. The van der Waals surface area contributed by atoms with Crippen LogP contribution in [0.4, 0.5) is 0 Å². The van der Waals surface area contributed by atoms with Crippen molar-refractivity contribution < 1.29 is 9.47 Å². The van der Waals surface area contributed by atoms with Crippen LogP contribution in [0.2, 0.25) is 0 Å². The quantitative estimate of drug-likeness (QED) is 0.620. The van der Waals surface area contributed by atoms with Gasteiger partial charge in [0.15, 0.2) is 11.5 Å². The van der Waals surface area contributed by atoms with Gasteiger partial charge in [-0.2, -0.15) is 12.6 Å². The number of hydrogen-bond acceptors (Lipinski definition) is 4. The van der Waals surface area contributed by atoms with Crippen LogP contribution in [0.1, 0.15) is 0 Å². The smallest absolute Gasteiger partial charge is 0.161 e. The second kappa shape index (κ2) is 6.09. The SMILES string of the molecule is COc1ccc(SCCS)cc1OC. The number of thiol groups is 1. The van der Waals surface area contributed by atoms with Gasteiger partial charge in [-0.3, -0.25) is 0 Å². The molecule has 0 saturated heterocycles. The Labute approximate surface area is 94.4 Å². The molecule has 1 rings (SSSR count). The number of ether oxygens (including phenoxy) is 2. The van der Waals surface area contributed by atoms with Crippen LogP contribution in [0.3, 0.4) is 0 Å². The van der Waals surface area contributed by atoms with Gasteiger partial charge in [0, 0.05) is 10.6 Å². The molecule has 0 atom stereocenters. The average Bonchev–Trinajstić information content (AvgIpc) is 2.25. The van der Waals surface area contributed by atoms with E-state index >= 15 is 0 Å². The molecule has 0 N–H and O–H groups in total. The van der Waals surface area contributed by atoms with Crippen molar-refractivity contribution in [1.82, 2.24) is 0 Å². The molecule has 0 spiro atoms. The predicted octanol–water partition coefficient (Wildman–Crippen LogP) is 2.73. The van der Waals surface area contributed by atoms with E-state index in [0.717, 1.165) is 23.0 Å². The largest absolute Gasteiger partial charge is 0.493 e. The van der Waals surface area contributed by atoms with Crippen molar-refractivity contribution in [2.45, 2.75) is 4.90 Å². The van der Waals surface area contributed by atoms with Crippen LogP contribution in [-0.2, 0) is 0 Å². The van der Waals surface area contributed by atoms with Crippen LogP contribution < -0.4 is 9.47 Å². The number of rotatable bonds is 5. The monoisotopic (exact) mass is 230 g/mol. The van der Waals surface area contributed by atoms with E-state index in [1.165, 1.54) is 4.90 Å². The van der Waals surface area contributed by atoms with E-state index in [9.17, 15) is 0 Å². The van der Waals surface area contributed by atoms with Crippen molar-refractivity contribution in [3.8, 4) is 11.5 Å². The Balaban J connectivity index is 2.79. The van der Waals surface area contributed by atoms with E-state index in [-0.39, 0.29) is 0 Å². The van der Waals surface area contributed by atoms with E-state index < -0.39 is 0 Å². The zero-order valence-electron chi connectivity index (χ0n) is 8.32. The molecule has 1 aromatic rings. The van der Waals surface area contributed by atoms with E-state index in [1.54, 1.807) is 26.0 Å². The lowest BCUT2D eigenvalue weighted by Crippen LogP contribution is -1.90. The standard InChI is InChI=1S/C10H14O2S2/c1-11-9-4-3-8(14-6-5-13)7-10(9)12-2/h3-4,7,13H,5-6H2,1-2H3. The Morgan fingerprint density at radius 3 is 2.50 bits per heavy atom. The first-order valence-electron chi connectivity index (χ1n) is 4.27. The zero-order valence-corrected chi connectivity index (χ0v) is 10.0. The van der Waals surface area contributed by atoms with Crippen LogP contribution in [0.15, 0.2) is 23.1 Å². The number of methoxy groups -OCH3 is 2. The Morgan fingerprint density at radius 2 is 1.93 bits per heavy atom. The molecule has 0 heterocycles. The van der Waals surface area contributed by atoms with Crippen molar-refractivity contribution in [2.24, 2.45) is 0 Å². The van der Waals surface area contributed by atoms with Gasteiger partial charge in [-0.15, -0.1) is 11.8 Å². The van der Waals surface area contributed by atoms with Crippen LogP contribution in [0.5, 0.6) is 11.5 Å². The maximum Gasteiger partial charge on any atom is 0.161 e. The molecule has 1 aromatic carbocycles. The van der Waals surface area contributed by atoms with E-state index in [4.69, 9.17) is 9.47 Å². The maximum absolute atomic E-state index is 5.20. The second-order valence-corrected chi connectivity index (χ2v) is 4.20. The summed E-state index contributed by atoms with van der Waals surface area (Å²) in [6.07, 6.45) is 0. The van der Waals surface area contributed by atoms with Crippen LogP contribution >= 0.6 is 24.4 Å². The summed E-state index contributed by atoms with van der Waals surface area (Å²) < 4.78 is 10.3. The molecule has 0 saturated carbocycles. The van der Waals surface area contributed by atoms with Gasteiger partial charge in [0.1, 0.15) is 0 Å². The highest BCUT2D eigenvalue weighted by Gasteiger charge is 2.03. The fourth-order valence-corrected chi connectivity index (χ4v) is 2.03. The first-order valence-corrected chi connectivity index (χ1v) is 5.89. The minimum atomic E-state index is 0.766. The summed E-state index contributed by atoms with van der Waals surface area (Å²) in [6.45, 7) is 0. The van der Waals surface area contributed by atoms with Crippen molar-refractivity contribution in [3.05, 3.63) is 18.2 Å². The van der Waals surface area contributed by atoms with Gasteiger partial charge in [-0.05, 0) is 24.0 Å². The van der Waals surface area contributed by atoms with E-state index in [2.05, 4.69) is 12.6 Å². The van der Waals surface area contributed by atoms with Gasteiger partial charge in [-0.25, -0.2) is 0 Å². The molecular weight excluding hydrogens is 216 g/mol. The molecule has 78 valence electrons. The first kappa shape index (κ1) is 11.6. The lowest BCUT2D eigenvalue weighted by atomic mass is 10.3. The molecule has 0 aromatic heterocycles. The van der Waals surface area contributed by atoms with Crippen molar-refractivity contribution >= 4 is 24.4 Å². The van der Waals surface area contributed by atoms with E-state index in [1.807, 2.05) is 18.2 Å². The lowest BCUT2D eigenvalue weighted by molar-refractivity contribution is 0.354. The van der Waals surface area contributed by atoms with Crippen molar-refractivity contribution in [3.63, 3.8) is 0 Å². The zero-order chi connectivity index (χ0) is 10.4. The number of thioether (sulfide) groups is 1. The average molecular weight is 230 g/mol. The second-order valence-electron chi connectivity index (χ2n) is 2.59. The van der Waals surface area contributed by atoms with Gasteiger partial charge in [-0.1, -0.05) is 0 Å². The van der Waals surface area contributed by atoms with Gasteiger partial charge >= 0.3 is 0 Å². The molecule has 0 radical (unpaired) electrons. The number of benzene rings is 1. The van der Waals surface area contributed by atoms with Gasteiger partial charge in [0.05, 0.1) is 14.2 Å². The summed E-state index contributed by atoms with van der Waals surface area (Å²) >= 11 is 5.92. The normalized spacial score (nSPS) is 9.93. The number of hydrogen-bond donors (Lipinski definition) is 1. The first-order chi connectivity index (χ1) is 6.81. The molecule has 2 nitrogen and oxygen atoms in total. The Hall–Kier alpha value is -0.480. The Bertz CT molecular complexity index is 289. The third-order valence-electron chi connectivity index (χ3n) is 1.72. The molecule has 4 heteroatoms. The van der Waals surface area contributed by atoms with Crippen LogP contribution in [0.25, 0.3) is 0 Å². The van der Waals surface area contributed by atoms with Crippen LogP contribution in [0, 0.1) is 0 Å². The molecule has 0 bridgehead atoms. The molecule has 0 unspecified atom stereocenters. The minimum absolute atomic E-state index is 0.766. The Morgan fingerprint density at radius 1 is 1.21 bits per heavy atom. The van der Waals surface area contributed by atoms with Gasteiger partial charge < -0.3 is 9.47 Å². The summed E-state index contributed by atoms with van der Waals surface area (Å²) in [5, 5.41) is 0. The molecule has 0 fully saturated rings. The summed E-state index contributed by atoms with van der Waals surface area (Å²) in [7, 11) is 3.28. The summed E-state index contributed by atoms with van der Waals surface area (Å²) in [6, 6.07) is 5.92. The van der Waals surface area contributed by atoms with E-state index in [0.29, 0.717) is 0 Å². The molecule has 0 aliphatic rings. The third kappa shape index (κ3) is 3.03. The fraction of sp³-hybridized carbons (Fsp3) is 0.400. The minimum Gasteiger partial charge on any atom is -0.493 e. The van der Waals surface area contributed by atoms with Gasteiger partial charge in [0.25, 0.3) is 0 Å². The fourth-order valence-electron chi connectivity index (χ4n) is 1.07. The van der Waals surface area contributed by atoms with Crippen molar-refractivity contribution in [2.75, 3.05) is 25.7 Å². The summed E-state index contributed by atoms with van der Waals surface area (Å²) in [5.41, 5.74) is 0. The van der Waals surface area contributed by atoms with Gasteiger partial charge in [0.2, 0.25) is 0 Å². The molecular formula is C10H14O2S2. The van der Waals surface area contributed by atoms with Crippen LogP contribution in [-0.4, -0.2) is 25.7 Å². The molecule has 0 aliphatic carbocycles. The highest BCUT2D eigenvalue weighted by Crippen LogP contribution is 2.31. The highest BCUT2D eigenvalue weighted by atomic mass is 32.2. The Kier molecular flexibility index (Phi) is 5.04. The molecule has 0 amide bonds. The topological polar surface area (TPSA) is 18.5 Å².